The molecule has 0 aromatic carbocycles. The zero-order chi connectivity index (χ0) is 12.7. The van der Waals surface area contributed by atoms with Crippen LogP contribution in [0.1, 0.15) is 46.0 Å². The van der Waals surface area contributed by atoms with Gasteiger partial charge in [-0.2, -0.15) is 0 Å². The van der Waals surface area contributed by atoms with Crippen LogP contribution in [0.15, 0.2) is 12.2 Å². The number of rotatable bonds is 7. The summed E-state index contributed by atoms with van der Waals surface area (Å²) in [6.45, 7) is 9.56. The summed E-state index contributed by atoms with van der Waals surface area (Å²) in [6, 6.07) is 0. The van der Waals surface area contributed by atoms with Crippen molar-refractivity contribution in [2.45, 2.75) is 46.0 Å². The van der Waals surface area contributed by atoms with Crippen LogP contribution in [0, 0.1) is 5.41 Å². The number of ether oxygens (including phenoxy) is 1. The van der Waals surface area contributed by atoms with Gasteiger partial charge in [-0.3, -0.25) is 4.79 Å². The summed E-state index contributed by atoms with van der Waals surface area (Å²) in [5.41, 5.74) is 0.922. The van der Waals surface area contributed by atoms with Crippen molar-refractivity contribution in [2.24, 2.45) is 5.41 Å². The highest BCUT2D eigenvalue weighted by Gasteiger charge is 2.38. The summed E-state index contributed by atoms with van der Waals surface area (Å²) in [7, 11) is 0. The van der Waals surface area contributed by atoms with Crippen molar-refractivity contribution in [3.8, 4) is 0 Å². The van der Waals surface area contributed by atoms with Gasteiger partial charge >= 0.3 is 0 Å². The van der Waals surface area contributed by atoms with Crippen LogP contribution in [0.2, 0.25) is 0 Å². The highest BCUT2D eigenvalue weighted by molar-refractivity contribution is 5.82. The first kappa shape index (κ1) is 14.2. The van der Waals surface area contributed by atoms with Crippen LogP contribution in [-0.2, 0) is 9.53 Å². The normalized spacial score (nSPS) is 18.0. The van der Waals surface area contributed by atoms with Gasteiger partial charge in [0, 0.05) is 12.0 Å². The molecule has 1 saturated carbocycles. The minimum Gasteiger partial charge on any atom is -0.375 e. The van der Waals surface area contributed by atoms with Crippen LogP contribution >= 0.6 is 0 Å². The van der Waals surface area contributed by atoms with E-state index in [0.29, 0.717) is 19.8 Å². The van der Waals surface area contributed by atoms with Gasteiger partial charge in [0.1, 0.15) is 0 Å². The molecule has 1 aliphatic rings. The Bertz CT molecular complexity index is 267. The minimum atomic E-state index is -0.0889. The van der Waals surface area contributed by atoms with E-state index >= 15 is 0 Å². The molecule has 1 fully saturated rings. The molecule has 0 aromatic heterocycles. The van der Waals surface area contributed by atoms with E-state index < -0.39 is 0 Å². The predicted octanol–water partition coefficient (Wildman–Crippen LogP) is 2.67. The largest absolute Gasteiger partial charge is 0.375 e. The van der Waals surface area contributed by atoms with Gasteiger partial charge in [0.2, 0.25) is 5.91 Å². The fourth-order valence-electron chi connectivity index (χ4n) is 2.46. The SMILES string of the molecule is C=C(C)COCCNC(=O)C1(CC)CCCC1. The van der Waals surface area contributed by atoms with E-state index in [4.69, 9.17) is 4.74 Å². The van der Waals surface area contributed by atoms with Crippen molar-refractivity contribution in [1.82, 2.24) is 5.32 Å². The maximum atomic E-state index is 12.1. The third-order valence-electron chi connectivity index (χ3n) is 3.60. The number of amides is 1. The Hall–Kier alpha value is -0.830. The molecule has 0 bridgehead atoms. The van der Waals surface area contributed by atoms with Gasteiger partial charge in [-0.25, -0.2) is 0 Å². The number of carbonyl (C=O) groups is 1. The molecule has 0 radical (unpaired) electrons. The van der Waals surface area contributed by atoms with Gasteiger partial charge in [-0.05, 0) is 26.2 Å². The lowest BCUT2D eigenvalue weighted by molar-refractivity contribution is -0.131. The van der Waals surface area contributed by atoms with E-state index in [-0.39, 0.29) is 11.3 Å². The summed E-state index contributed by atoms with van der Waals surface area (Å²) in [6.07, 6.45) is 5.41. The van der Waals surface area contributed by atoms with Gasteiger partial charge in [0.05, 0.1) is 13.2 Å². The molecule has 0 aromatic rings. The van der Waals surface area contributed by atoms with Gasteiger partial charge in [0.15, 0.2) is 0 Å². The molecule has 0 spiro atoms. The van der Waals surface area contributed by atoms with Crippen LogP contribution in [0.4, 0.5) is 0 Å². The van der Waals surface area contributed by atoms with Gasteiger partial charge in [0.25, 0.3) is 0 Å². The molecule has 0 heterocycles. The standard InChI is InChI=1S/C14H25NO2/c1-4-14(7-5-6-8-14)13(16)15-9-10-17-11-12(2)3/h2,4-11H2,1,3H3,(H,15,16). The maximum absolute atomic E-state index is 12.1. The first-order valence-electron chi connectivity index (χ1n) is 6.61. The second-order valence-corrected chi connectivity index (χ2v) is 5.11. The monoisotopic (exact) mass is 239 g/mol. The van der Waals surface area contributed by atoms with E-state index in [1.807, 2.05) is 6.92 Å². The first-order chi connectivity index (χ1) is 8.10. The molecule has 1 N–H and O–H groups in total. The highest BCUT2D eigenvalue weighted by atomic mass is 16.5. The quantitative estimate of drug-likeness (QED) is 0.548. The minimum absolute atomic E-state index is 0.0889. The van der Waals surface area contributed by atoms with Crippen molar-refractivity contribution < 1.29 is 9.53 Å². The fraction of sp³-hybridized carbons (Fsp3) is 0.786. The molecule has 0 saturated heterocycles. The molecule has 3 heteroatoms. The molecule has 0 atom stereocenters. The smallest absolute Gasteiger partial charge is 0.226 e. The summed E-state index contributed by atoms with van der Waals surface area (Å²) < 4.78 is 5.36. The Balaban J connectivity index is 2.22. The fourth-order valence-corrected chi connectivity index (χ4v) is 2.46. The van der Waals surface area contributed by atoms with Crippen molar-refractivity contribution in [3.63, 3.8) is 0 Å². The topological polar surface area (TPSA) is 38.3 Å². The maximum Gasteiger partial charge on any atom is 0.226 e. The highest BCUT2D eigenvalue weighted by Crippen LogP contribution is 2.40. The summed E-state index contributed by atoms with van der Waals surface area (Å²) in [5, 5.41) is 3.00. The number of hydrogen-bond acceptors (Lipinski definition) is 2. The zero-order valence-electron chi connectivity index (χ0n) is 11.2. The number of nitrogens with one attached hydrogen (secondary N) is 1. The number of hydrogen-bond donors (Lipinski definition) is 1. The van der Waals surface area contributed by atoms with Gasteiger partial charge in [-0.15, -0.1) is 0 Å². The van der Waals surface area contributed by atoms with E-state index in [0.717, 1.165) is 24.8 Å². The number of carbonyl (C=O) groups excluding carboxylic acids is 1. The zero-order valence-corrected chi connectivity index (χ0v) is 11.2. The van der Waals surface area contributed by atoms with Crippen molar-refractivity contribution in [3.05, 3.63) is 12.2 Å². The van der Waals surface area contributed by atoms with E-state index in [9.17, 15) is 4.79 Å². The molecular weight excluding hydrogens is 214 g/mol. The first-order valence-corrected chi connectivity index (χ1v) is 6.61. The Morgan fingerprint density at radius 3 is 2.59 bits per heavy atom. The molecule has 1 aliphatic carbocycles. The molecule has 0 unspecified atom stereocenters. The molecular formula is C14H25NO2. The summed E-state index contributed by atoms with van der Waals surface area (Å²) in [5.74, 6) is 0.219. The third kappa shape index (κ3) is 4.15. The molecule has 17 heavy (non-hydrogen) atoms. The lowest BCUT2D eigenvalue weighted by atomic mass is 9.82. The lowest BCUT2D eigenvalue weighted by Crippen LogP contribution is -2.40. The molecule has 98 valence electrons. The Kier molecular flexibility index (Phi) is 5.69. The summed E-state index contributed by atoms with van der Waals surface area (Å²) in [4.78, 5) is 12.1. The Morgan fingerprint density at radius 2 is 2.06 bits per heavy atom. The molecule has 3 nitrogen and oxygen atoms in total. The molecule has 1 amide bonds. The van der Waals surface area contributed by atoms with Crippen molar-refractivity contribution in [2.75, 3.05) is 19.8 Å². The molecule has 0 aliphatic heterocycles. The second kappa shape index (κ2) is 6.80. The van der Waals surface area contributed by atoms with Crippen LogP contribution in [0.5, 0.6) is 0 Å². The van der Waals surface area contributed by atoms with Crippen LogP contribution in [0.25, 0.3) is 0 Å². The second-order valence-electron chi connectivity index (χ2n) is 5.11. The van der Waals surface area contributed by atoms with Gasteiger partial charge < -0.3 is 10.1 Å². The van der Waals surface area contributed by atoms with E-state index in [2.05, 4.69) is 18.8 Å². The van der Waals surface area contributed by atoms with Crippen molar-refractivity contribution >= 4 is 5.91 Å². The van der Waals surface area contributed by atoms with Gasteiger partial charge in [-0.1, -0.05) is 31.9 Å². The Labute approximate surface area is 105 Å². The molecule has 1 rings (SSSR count). The van der Waals surface area contributed by atoms with Crippen molar-refractivity contribution in [1.29, 1.82) is 0 Å². The lowest BCUT2D eigenvalue weighted by Gasteiger charge is -2.25. The van der Waals surface area contributed by atoms with Crippen LogP contribution in [0.3, 0.4) is 0 Å². The van der Waals surface area contributed by atoms with E-state index in [1.54, 1.807) is 0 Å². The third-order valence-corrected chi connectivity index (χ3v) is 3.60. The van der Waals surface area contributed by atoms with Crippen LogP contribution < -0.4 is 5.32 Å². The van der Waals surface area contributed by atoms with E-state index in [1.165, 1.54) is 12.8 Å². The predicted molar refractivity (Wildman–Crippen MR) is 69.8 cm³/mol. The average molecular weight is 239 g/mol. The Morgan fingerprint density at radius 1 is 1.41 bits per heavy atom. The van der Waals surface area contributed by atoms with Crippen LogP contribution in [-0.4, -0.2) is 25.7 Å². The average Bonchev–Trinajstić information content (AvgIpc) is 2.77. The summed E-state index contributed by atoms with van der Waals surface area (Å²) >= 11 is 0.